The van der Waals surface area contributed by atoms with Gasteiger partial charge in [0, 0.05) is 13.2 Å². The second-order valence-corrected chi connectivity index (χ2v) is 3.67. The number of hydrogen-bond donors (Lipinski definition) is 1. The van der Waals surface area contributed by atoms with E-state index in [-0.39, 0.29) is 12.1 Å². The maximum Gasteiger partial charge on any atom is 0.119 e. The molecule has 0 aliphatic heterocycles. The van der Waals surface area contributed by atoms with E-state index in [2.05, 4.69) is 0 Å². The number of hydrogen-bond acceptors (Lipinski definition) is 3. The molecule has 2 atom stereocenters. The minimum atomic E-state index is -0.00458. The van der Waals surface area contributed by atoms with Crippen molar-refractivity contribution >= 4 is 0 Å². The Kier molecular flexibility index (Phi) is 4.59. The average Bonchev–Trinajstić information content (AvgIpc) is 2.28. The third-order valence-electron chi connectivity index (χ3n) is 2.51. The molecule has 0 radical (unpaired) electrons. The van der Waals surface area contributed by atoms with E-state index in [4.69, 9.17) is 15.2 Å². The predicted octanol–water partition coefficient (Wildman–Crippen LogP) is 2.12. The van der Waals surface area contributed by atoms with E-state index in [0.29, 0.717) is 0 Å². The van der Waals surface area contributed by atoms with E-state index in [1.54, 1.807) is 14.2 Å². The number of methoxy groups -OCH3 is 2. The van der Waals surface area contributed by atoms with E-state index < -0.39 is 0 Å². The maximum atomic E-state index is 6.06. The van der Waals surface area contributed by atoms with Gasteiger partial charge in [0.1, 0.15) is 5.75 Å². The van der Waals surface area contributed by atoms with Gasteiger partial charge in [-0.05, 0) is 31.0 Å². The number of benzene rings is 1. The summed E-state index contributed by atoms with van der Waals surface area (Å²) in [5.41, 5.74) is 7.14. The second kappa shape index (κ2) is 5.73. The predicted molar refractivity (Wildman–Crippen MR) is 61.0 cm³/mol. The zero-order valence-corrected chi connectivity index (χ0v) is 9.57. The van der Waals surface area contributed by atoms with Crippen molar-refractivity contribution in [3.63, 3.8) is 0 Å². The summed E-state index contributed by atoms with van der Waals surface area (Å²) in [5.74, 6) is 0.841. The van der Waals surface area contributed by atoms with Gasteiger partial charge in [-0.1, -0.05) is 12.1 Å². The van der Waals surface area contributed by atoms with Crippen LogP contribution in [-0.2, 0) is 4.74 Å². The molecule has 0 spiro atoms. The Hall–Kier alpha value is -1.06. The van der Waals surface area contributed by atoms with Crippen LogP contribution >= 0.6 is 0 Å². The van der Waals surface area contributed by atoms with Crippen molar-refractivity contribution in [1.29, 1.82) is 0 Å². The Morgan fingerprint density at radius 1 is 1.33 bits per heavy atom. The highest BCUT2D eigenvalue weighted by molar-refractivity contribution is 5.30. The molecule has 1 aromatic rings. The highest BCUT2D eigenvalue weighted by Gasteiger charge is 2.10. The van der Waals surface area contributed by atoms with Gasteiger partial charge < -0.3 is 15.2 Å². The van der Waals surface area contributed by atoms with Gasteiger partial charge in [-0.3, -0.25) is 0 Å². The Bertz CT molecular complexity index is 301. The molecule has 3 nitrogen and oxygen atoms in total. The second-order valence-electron chi connectivity index (χ2n) is 3.67. The molecule has 0 fully saturated rings. The van der Waals surface area contributed by atoms with Crippen LogP contribution in [0.2, 0.25) is 0 Å². The van der Waals surface area contributed by atoms with Gasteiger partial charge in [0.05, 0.1) is 13.2 Å². The minimum Gasteiger partial charge on any atom is -0.497 e. The maximum absolute atomic E-state index is 6.06. The summed E-state index contributed by atoms with van der Waals surface area (Å²) >= 11 is 0. The highest BCUT2D eigenvalue weighted by atomic mass is 16.5. The quantitative estimate of drug-likeness (QED) is 0.807. The fraction of sp³-hybridized carbons (Fsp3) is 0.500. The summed E-state index contributed by atoms with van der Waals surface area (Å²) in [6.45, 7) is 2.01. The van der Waals surface area contributed by atoms with Crippen molar-refractivity contribution in [3.05, 3.63) is 29.8 Å². The molecular formula is C12H19NO2. The lowest BCUT2D eigenvalue weighted by Gasteiger charge is -2.16. The normalized spacial score (nSPS) is 14.7. The van der Waals surface area contributed by atoms with E-state index in [1.165, 1.54) is 0 Å². The van der Waals surface area contributed by atoms with Gasteiger partial charge >= 0.3 is 0 Å². The van der Waals surface area contributed by atoms with Crippen LogP contribution in [0.3, 0.4) is 0 Å². The Morgan fingerprint density at radius 2 is 2.07 bits per heavy atom. The van der Waals surface area contributed by atoms with Crippen molar-refractivity contribution in [2.45, 2.75) is 25.5 Å². The first-order chi connectivity index (χ1) is 7.17. The molecule has 0 aliphatic carbocycles. The highest BCUT2D eigenvalue weighted by Crippen LogP contribution is 2.21. The van der Waals surface area contributed by atoms with E-state index in [9.17, 15) is 0 Å². The Labute approximate surface area is 91.2 Å². The fourth-order valence-electron chi connectivity index (χ4n) is 1.46. The third-order valence-corrected chi connectivity index (χ3v) is 2.51. The lowest BCUT2D eigenvalue weighted by molar-refractivity contribution is 0.104. The van der Waals surface area contributed by atoms with Crippen molar-refractivity contribution < 1.29 is 9.47 Å². The zero-order valence-electron chi connectivity index (χ0n) is 9.57. The summed E-state index contributed by atoms with van der Waals surface area (Å²) in [7, 11) is 3.35. The first-order valence-corrected chi connectivity index (χ1v) is 5.09. The monoisotopic (exact) mass is 209 g/mol. The number of rotatable bonds is 5. The SMILES string of the molecule is COc1cccc(C(N)CC(C)OC)c1. The van der Waals surface area contributed by atoms with Gasteiger partial charge in [0.2, 0.25) is 0 Å². The van der Waals surface area contributed by atoms with Crippen LogP contribution in [0.1, 0.15) is 24.9 Å². The standard InChI is InChI=1S/C12H19NO2/c1-9(14-2)7-12(13)10-5-4-6-11(8-10)15-3/h4-6,8-9,12H,7,13H2,1-3H3. The molecule has 0 bridgehead atoms. The number of nitrogens with two attached hydrogens (primary N) is 1. The van der Waals surface area contributed by atoms with Gasteiger partial charge in [-0.15, -0.1) is 0 Å². The summed E-state index contributed by atoms with van der Waals surface area (Å²) in [6.07, 6.45) is 0.982. The molecule has 0 saturated carbocycles. The van der Waals surface area contributed by atoms with E-state index >= 15 is 0 Å². The van der Waals surface area contributed by atoms with Crippen molar-refractivity contribution in [2.75, 3.05) is 14.2 Å². The van der Waals surface area contributed by atoms with Crippen LogP contribution in [0.5, 0.6) is 5.75 Å². The topological polar surface area (TPSA) is 44.5 Å². The molecule has 1 rings (SSSR count). The summed E-state index contributed by atoms with van der Waals surface area (Å²) in [6, 6.07) is 7.83. The molecule has 15 heavy (non-hydrogen) atoms. The van der Waals surface area contributed by atoms with Crippen molar-refractivity contribution in [3.8, 4) is 5.75 Å². The van der Waals surface area contributed by atoms with E-state index in [0.717, 1.165) is 17.7 Å². The lowest BCUT2D eigenvalue weighted by atomic mass is 10.0. The molecular weight excluding hydrogens is 190 g/mol. The Morgan fingerprint density at radius 3 is 2.67 bits per heavy atom. The van der Waals surface area contributed by atoms with Crippen LogP contribution in [-0.4, -0.2) is 20.3 Å². The van der Waals surface area contributed by atoms with Crippen LogP contribution in [0.15, 0.2) is 24.3 Å². The van der Waals surface area contributed by atoms with Crippen molar-refractivity contribution in [1.82, 2.24) is 0 Å². The largest absolute Gasteiger partial charge is 0.497 e. The summed E-state index contributed by atoms with van der Waals surface area (Å²) in [5, 5.41) is 0. The minimum absolute atomic E-state index is 0.00458. The van der Waals surface area contributed by atoms with Gasteiger partial charge in [-0.2, -0.15) is 0 Å². The molecule has 84 valence electrons. The molecule has 0 saturated heterocycles. The molecule has 2 N–H and O–H groups in total. The molecule has 3 heteroatoms. The van der Waals surface area contributed by atoms with Crippen LogP contribution < -0.4 is 10.5 Å². The molecule has 2 unspecified atom stereocenters. The smallest absolute Gasteiger partial charge is 0.119 e. The molecule has 1 aromatic carbocycles. The molecule has 0 heterocycles. The van der Waals surface area contributed by atoms with Crippen LogP contribution in [0.25, 0.3) is 0 Å². The first-order valence-electron chi connectivity index (χ1n) is 5.09. The van der Waals surface area contributed by atoms with Gasteiger partial charge in [0.25, 0.3) is 0 Å². The Balaban J connectivity index is 2.68. The lowest BCUT2D eigenvalue weighted by Crippen LogP contribution is -2.18. The van der Waals surface area contributed by atoms with Gasteiger partial charge in [-0.25, -0.2) is 0 Å². The van der Waals surface area contributed by atoms with E-state index in [1.807, 2.05) is 31.2 Å². The molecule has 0 aliphatic rings. The van der Waals surface area contributed by atoms with Crippen LogP contribution in [0, 0.1) is 0 Å². The number of ether oxygens (including phenoxy) is 2. The van der Waals surface area contributed by atoms with Gasteiger partial charge in [0.15, 0.2) is 0 Å². The summed E-state index contributed by atoms with van der Waals surface area (Å²) in [4.78, 5) is 0. The molecule has 0 aromatic heterocycles. The first kappa shape index (κ1) is 12.0. The summed E-state index contributed by atoms with van der Waals surface area (Å²) < 4.78 is 10.3. The average molecular weight is 209 g/mol. The van der Waals surface area contributed by atoms with Crippen molar-refractivity contribution in [2.24, 2.45) is 5.73 Å². The zero-order chi connectivity index (χ0) is 11.3. The molecule has 0 amide bonds. The fourth-order valence-corrected chi connectivity index (χ4v) is 1.46. The van der Waals surface area contributed by atoms with Crippen LogP contribution in [0.4, 0.5) is 0 Å². The third kappa shape index (κ3) is 3.53.